The molecule has 2 heterocycles. The summed E-state index contributed by atoms with van der Waals surface area (Å²) in [4.78, 5) is 23.7. The predicted molar refractivity (Wildman–Crippen MR) is 105 cm³/mol. The van der Waals surface area contributed by atoms with Gasteiger partial charge < -0.3 is 24.8 Å². The maximum atomic E-state index is 12.8. The van der Waals surface area contributed by atoms with Gasteiger partial charge in [0.15, 0.2) is 0 Å². The fourth-order valence-electron chi connectivity index (χ4n) is 3.96. The van der Waals surface area contributed by atoms with Crippen molar-refractivity contribution in [1.82, 2.24) is 10.2 Å². The van der Waals surface area contributed by atoms with Gasteiger partial charge >= 0.3 is 12.1 Å². The molecule has 0 aromatic heterocycles. The first-order valence-electron chi connectivity index (χ1n) is 10.3. The molecule has 2 saturated heterocycles. The van der Waals surface area contributed by atoms with Crippen LogP contribution >= 0.6 is 0 Å². The number of carboxylic acids is 1. The van der Waals surface area contributed by atoms with Gasteiger partial charge in [-0.05, 0) is 62.4 Å². The Morgan fingerprint density at radius 3 is 2.32 bits per heavy atom. The van der Waals surface area contributed by atoms with E-state index in [4.69, 9.17) is 19.4 Å². The Hall–Kier alpha value is -2.33. The highest BCUT2D eigenvalue weighted by Gasteiger charge is 2.58. The van der Waals surface area contributed by atoms with E-state index < -0.39 is 17.7 Å². The lowest BCUT2D eigenvalue weighted by atomic mass is 9.90. The second-order valence-corrected chi connectivity index (χ2v) is 8.07. The van der Waals surface area contributed by atoms with Gasteiger partial charge in [0.1, 0.15) is 11.4 Å². The number of carboxylic acid groups (broad SMARTS) is 1. The van der Waals surface area contributed by atoms with Gasteiger partial charge in [-0.15, -0.1) is 0 Å². The summed E-state index contributed by atoms with van der Waals surface area (Å²) in [5.74, 6) is -1.16. The lowest BCUT2D eigenvalue weighted by Gasteiger charge is -2.42. The summed E-state index contributed by atoms with van der Waals surface area (Å²) in [5, 5.41) is 10.5. The van der Waals surface area contributed by atoms with Crippen LogP contribution in [0.1, 0.15) is 31.2 Å². The standard InChI is InChI=1S/C19H26N2O3.C2HF3O2/c1-23-16-4-2-14(3-5-16)12-21-13-17(15-6-10-20-11-7-15)24-19(8-9-19)18(21)22;3-2(4,5)1(6)7/h2-5,15,17,20H,6-13H2,1H3;(H,6,7). The van der Waals surface area contributed by atoms with Gasteiger partial charge in [-0.1, -0.05) is 12.1 Å². The number of hydrogen-bond acceptors (Lipinski definition) is 5. The molecule has 0 radical (unpaired) electrons. The topological polar surface area (TPSA) is 88.1 Å². The van der Waals surface area contributed by atoms with Crippen LogP contribution in [0.25, 0.3) is 0 Å². The van der Waals surface area contributed by atoms with Crippen LogP contribution in [0.3, 0.4) is 0 Å². The summed E-state index contributed by atoms with van der Waals surface area (Å²) < 4.78 is 43.3. The van der Waals surface area contributed by atoms with Gasteiger partial charge in [0.25, 0.3) is 5.91 Å². The number of halogens is 3. The number of methoxy groups -OCH3 is 1. The monoisotopic (exact) mass is 444 g/mol. The Bertz CT molecular complexity index is 774. The minimum absolute atomic E-state index is 0.184. The van der Waals surface area contributed by atoms with Crippen molar-refractivity contribution in [2.45, 2.75) is 50.1 Å². The Balaban J connectivity index is 0.000000339. The quantitative estimate of drug-likeness (QED) is 0.742. The molecule has 31 heavy (non-hydrogen) atoms. The van der Waals surface area contributed by atoms with E-state index in [2.05, 4.69) is 5.32 Å². The van der Waals surface area contributed by atoms with E-state index in [9.17, 15) is 18.0 Å². The van der Waals surface area contributed by atoms with Gasteiger partial charge in [0, 0.05) is 13.1 Å². The smallest absolute Gasteiger partial charge is 0.490 e. The first-order chi connectivity index (χ1) is 14.6. The van der Waals surface area contributed by atoms with Crippen molar-refractivity contribution in [3.05, 3.63) is 29.8 Å². The van der Waals surface area contributed by atoms with Crippen molar-refractivity contribution in [3.63, 3.8) is 0 Å². The number of carbonyl (C=O) groups is 2. The van der Waals surface area contributed by atoms with E-state index in [1.165, 1.54) is 0 Å². The highest BCUT2D eigenvalue weighted by molar-refractivity contribution is 5.89. The summed E-state index contributed by atoms with van der Waals surface area (Å²) in [5.41, 5.74) is 0.645. The molecular formula is C21H27F3N2O5. The van der Waals surface area contributed by atoms with Crippen LogP contribution in [-0.4, -0.2) is 66.5 Å². The van der Waals surface area contributed by atoms with Crippen LogP contribution in [0.15, 0.2) is 24.3 Å². The number of hydrogen-bond donors (Lipinski definition) is 2. The fraction of sp³-hybridized carbons (Fsp3) is 0.619. The van der Waals surface area contributed by atoms with Gasteiger partial charge in [-0.2, -0.15) is 13.2 Å². The van der Waals surface area contributed by atoms with E-state index in [-0.39, 0.29) is 12.0 Å². The molecule has 1 aromatic carbocycles. The molecule has 1 aliphatic carbocycles. The van der Waals surface area contributed by atoms with Gasteiger partial charge in [-0.25, -0.2) is 4.79 Å². The minimum Gasteiger partial charge on any atom is -0.497 e. The molecule has 1 atom stereocenters. The zero-order valence-electron chi connectivity index (χ0n) is 17.3. The average Bonchev–Trinajstić information content (AvgIpc) is 3.52. The maximum Gasteiger partial charge on any atom is 0.490 e. The highest BCUT2D eigenvalue weighted by atomic mass is 19.4. The molecule has 3 fully saturated rings. The molecule has 1 saturated carbocycles. The van der Waals surface area contributed by atoms with Crippen molar-refractivity contribution in [1.29, 1.82) is 0 Å². The summed E-state index contributed by atoms with van der Waals surface area (Å²) >= 11 is 0. The van der Waals surface area contributed by atoms with Gasteiger partial charge in [0.05, 0.1) is 13.2 Å². The molecule has 3 aliphatic rings. The number of aliphatic carboxylic acids is 1. The van der Waals surface area contributed by atoms with Crippen LogP contribution in [0.4, 0.5) is 13.2 Å². The molecule has 172 valence electrons. The molecular weight excluding hydrogens is 417 g/mol. The Labute approximate surface area is 178 Å². The molecule has 1 spiro atoms. The summed E-state index contributed by atoms with van der Waals surface area (Å²) in [6.45, 7) is 3.50. The number of alkyl halides is 3. The number of nitrogens with one attached hydrogen (secondary N) is 1. The van der Waals surface area contributed by atoms with E-state index in [1.54, 1.807) is 7.11 Å². The Kier molecular flexibility index (Phi) is 7.10. The number of rotatable bonds is 4. The lowest BCUT2D eigenvalue weighted by Crippen LogP contribution is -2.55. The van der Waals surface area contributed by atoms with Crippen molar-refractivity contribution < 1.29 is 37.3 Å². The molecule has 1 amide bonds. The largest absolute Gasteiger partial charge is 0.497 e. The average molecular weight is 444 g/mol. The predicted octanol–water partition coefficient (Wildman–Crippen LogP) is 2.59. The van der Waals surface area contributed by atoms with Crippen LogP contribution in [-0.2, 0) is 20.9 Å². The van der Waals surface area contributed by atoms with Crippen molar-refractivity contribution in [2.75, 3.05) is 26.7 Å². The third-order valence-electron chi connectivity index (χ3n) is 5.84. The fourth-order valence-corrected chi connectivity index (χ4v) is 3.96. The zero-order chi connectivity index (χ0) is 22.6. The second kappa shape index (κ2) is 9.44. The first kappa shape index (κ1) is 23.3. The number of carbonyl (C=O) groups excluding carboxylic acids is 1. The SMILES string of the molecule is COc1ccc(CN2CC(C3CCNCC3)OC3(CC3)C2=O)cc1.O=C(O)C(F)(F)F. The van der Waals surface area contributed by atoms with E-state index >= 15 is 0 Å². The maximum absolute atomic E-state index is 12.8. The molecule has 4 rings (SSSR count). The molecule has 7 nitrogen and oxygen atoms in total. The van der Waals surface area contributed by atoms with Crippen LogP contribution in [0.2, 0.25) is 0 Å². The molecule has 10 heteroatoms. The number of ether oxygens (including phenoxy) is 2. The number of morpholine rings is 1. The molecule has 1 unspecified atom stereocenters. The second-order valence-electron chi connectivity index (χ2n) is 8.07. The molecule has 2 aliphatic heterocycles. The molecule has 1 aromatic rings. The number of piperidine rings is 1. The third kappa shape index (κ3) is 5.88. The minimum atomic E-state index is -5.08. The van der Waals surface area contributed by atoms with Gasteiger partial charge in [-0.3, -0.25) is 4.79 Å². The van der Waals surface area contributed by atoms with Gasteiger partial charge in [0.2, 0.25) is 0 Å². The Morgan fingerprint density at radius 1 is 1.26 bits per heavy atom. The number of nitrogens with zero attached hydrogens (tertiary/aromatic N) is 1. The normalized spacial score (nSPS) is 23.2. The summed E-state index contributed by atoms with van der Waals surface area (Å²) in [6, 6.07) is 8.00. The number of benzene rings is 1. The summed E-state index contributed by atoms with van der Waals surface area (Å²) in [7, 11) is 1.67. The Morgan fingerprint density at radius 2 is 1.84 bits per heavy atom. The van der Waals surface area contributed by atoms with E-state index in [0.29, 0.717) is 12.5 Å². The van der Waals surface area contributed by atoms with Crippen LogP contribution < -0.4 is 10.1 Å². The van der Waals surface area contributed by atoms with Crippen molar-refractivity contribution in [2.24, 2.45) is 5.92 Å². The summed E-state index contributed by atoms with van der Waals surface area (Å²) in [6.07, 6.45) is -0.847. The third-order valence-corrected chi connectivity index (χ3v) is 5.84. The van der Waals surface area contributed by atoms with E-state index in [0.717, 1.165) is 56.6 Å². The first-order valence-corrected chi connectivity index (χ1v) is 10.3. The molecule has 2 N–H and O–H groups in total. The molecule has 0 bridgehead atoms. The zero-order valence-corrected chi connectivity index (χ0v) is 17.3. The van der Waals surface area contributed by atoms with Crippen molar-refractivity contribution in [3.8, 4) is 5.75 Å². The van der Waals surface area contributed by atoms with Crippen molar-refractivity contribution >= 4 is 11.9 Å². The van der Waals surface area contributed by atoms with E-state index in [1.807, 2.05) is 29.2 Å². The highest BCUT2D eigenvalue weighted by Crippen LogP contribution is 2.46. The lowest BCUT2D eigenvalue weighted by molar-refractivity contribution is -0.192. The van der Waals surface area contributed by atoms with Crippen LogP contribution in [0, 0.1) is 5.92 Å². The van der Waals surface area contributed by atoms with Crippen LogP contribution in [0.5, 0.6) is 5.75 Å². The number of amides is 1.